The number of alkyl halides is 3. The molecule has 0 saturated heterocycles. The fourth-order valence-electron chi connectivity index (χ4n) is 3.38. The molecule has 0 amide bonds. The SMILES string of the molecule is NCCCCc1c(-c2nc3ccccc3s2)[nH]c2c(C(F)(F)F)cccc12. The number of nitrogens with zero attached hydrogens (tertiary/aromatic N) is 1. The average Bonchev–Trinajstić information content (AvgIpc) is 3.22. The number of aryl methyl sites for hydroxylation is 1. The Labute approximate surface area is 158 Å². The maximum atomic E-state index is 13.5. The van der Waals surface area contributed by atoms with Crippen LogP contribution in [-0.4, -0.2) is 16.5 Å². The molecule has 7 heteroatoms. The smallest absolute Gasteiger partial charge is 0.352 e. The summed E-state index contributed by atoms with van der Waals surface area (Å²) in [6.45, 7) is 0.562. The lowest BCUT2D eigenvalue weighted by Crippen LogP contribution is -2.05. The summed E-state index contributed by atoms with van der Waals surface area (Å²) in [4.78, 5) is 7.68. The van der Waals surface area contributed by atoms with Gasteiger partial charge in [-0.05, 0) is 49.6 Å². The highest BCUT2D eigenvalue weighted by atomic mass is 32.1. The number of rotatable bonds is 5. The van der Waals surface area contributed by atoms with Crippen molar-refractivity contribution in [2.45, 2.75) is 25.4 Å². The number of nitrogens with one attached hydrogen (secondary N) is 1. The molecule has 2 aromatic heterocycles. The van der Waals surface area contributed by atoms with Crippen LogP contribution in [0.4, 0.5) is 13.2 Å². The Kier molecular flexibility index (Phi) is 4.65. The number of halogens is 3. The minimum Gasteiger partial charge on any atom is -0.352 e. The predicted molar refractivity (Wildman–Crippen MR) is 104 cm³/mol. The molecule has 3 N–H and O–H groups in total. The normalized spacial score (nSPS) is 12.3. The molecule has 0 aliphatic rings. The highest BCUT2D eigenvalue weighted by molar-refractivity contribution is 7.21. The van der Waals surface area contributed by atoms with Gasteiger partial charge in [0.2, 0.25) is 0 Å². The van der Waals surface area contributed by atoms with Gasteiger partial charge >= 0.3 is 6.18 Å². The summed E-state index contributed by atoms with van der Waals surface area (Å²) >= 11 is 1.48. The highest BCUT2D eigenvalue weighted by Crippen LogP contribution is 2.40. The number of aromatic nitrogens is 2. The van der Waals surface area contributed by atoms with Gasteiger partial charge < -0.3 is 10.7 Å². The van der Waals surface area contributed by atoms with Crippen LogP contribution in [0.5, 0.6) is 0 Å². The Hall–Kier alpha value is -2.38. The number of aromatic amines is 1. The van der Waals surface area contributed by atoms with E-state index in [1.807, 2.05) is 24.3 Å². The van der Waals surface area contributed by atoms with E-state index in [0.29, 0.717) is 29.1 Å². The standard InChI is InChI=1S/C20H18F3N3S/c21-20(22,23)14-8-5-7-12-13(6-3-4-11-24)18(26-17(12)14)19-25-15-9-1-2-10-16(15)27-19/h1-2,5,7-10,26H,3-4,6,11,24H2. The van der Waals surface area contributed by atoms with Crippen LogP contribution in [0.2, 0.25) is 0 Å². The van der Waals surface area contributed by atoms with E-state index in [2.05, 4.69) is 9.97 Å². The lowest BCUT2D eigenvalue weighted by molar-refractivity contribution is -0.136. The van der Waals surface area contributed by atoms with E-state index >= 15 is 0 Å². The molecule has 0 unspecified atom stereocenters. The van der Waals surface area contributed by atoms with Crippen molar-refractivity contribution in [2.75, 3.05) is 6.54 Å². The molecular weight excluding hydrogens is 371 g/mol. The van der Waals surface area contributed by atoms with Gasteiger partial charge in [-0.15, -0.1) is 11.3 Å². The highest BCUT2D eigenvalue weighted by Gasteiger charge is 2.34. The summed E-state index contributed by atoms with van der Waals surface area (Å²) in [5, 5.41) is 1.32. The number of unbranched alkanes of at least 4 members (excludes halogenated alkanes) is 1. The molecule has 2 aromatic carbocycles. The maximum Gasteiger partial charge on any atom is 0.418 e. The van der Waals surface area contributed by atoms with Crippen molar-refractivity contribution in [3.63, 3.8) is 0 Å². The fourth-order valence-corrected chi connectivity index (χ4v) is 4.37. The zero-order valence-corrected chi connectivity index (χ0v) is 15.3. The summed E-state index contributed by atoms with van der Waals surface area (Å²) in [7, 11) is 0. The van der Waals surface area contributed by atoms with E-state index in [1.165, 1.54) is 17.4 Å². The zero-order valence-electron chi connectivity index (χ0n) is 14.4. The Morgan fingerprint density at radius 3 is 2.59 bits per heavy atom. The first-order chi connectivity index (χ1) is 13.0. The lowest BCUT2D eigenvalue weighted by Gasteiger charge is -2.07. The van der Waals surface area contributed by atoms with Crippen molar-refractivity contribution >= 4 is 32.5 Å². The number of para-hydroxylation sites is 2. The molecule has 140 valence electrons. The Morgan fingerprint density at radius 1 is 1.04 bits per heavy atom. The van der Waals surface area contributed by atoms with Gasteiger partial charge in [-0.2, -0.15) is 13.2 Å². The van der Waals surface area contributed by atoms with Crippen molar-refractivity contribution in [1.29, 1.82) is 0 Å². The van der Waals surface area contributed by atoms with Crippen LogP contribution >= 0.6 is 11.3 Å². The average molecular weight is 389 g/mol. The van der Waals surface area contributed by atoms with Crippen LogP contribution in [0.15, 0.2) is 42.5 Å². The first kappa shape index (κ1) is 18.0. The van der Waals surface area contributed by atoms with Crippen molar-refractivity contribution in [2.24, 2.45) is 5.73 Å². The maximum absolute atomic E-state index is 13.5. The Morgan fingerprint density at radius 2 is 1.85 bits per heavy atom. The van der Waals surface area contributed by atoms with E-state index in [4.69, 9.17) is 5.73 Å². The molecule has 0 radical (unpaired) electrons. The van der Waals surface area contributed by atoms with E-state index in [-0.39, 0.29) is 5.52 Å². The number of fused-ring (bicyclic) bond motifs is 2. The van der Waals surface area contributed by atoms with Crippen molar-refractivity contribution in [3.05, 3.63) is 53.6 Å². The second kappa shape index (κ2) is 6.98. The molecule has 27 heavy (non-hydrogen) atoms. The van der Waals surface area contributed by atoms with Gasteiger partial charge in [0, 0.05) is 5.39 Å². The van der Waals surface area contributed by atoms with Crippen molar-refractivity contribution < 1.29 is 13.2 Å². The Bertz CT molecular complexity index is 1060. The van der Waals surface area contributed by atoms with Crippen molar-refractivity contribution in [1.82, 2.24) is 9.97 Å². The van der Waals surface area contributed by atoms with E-state index in [1.54, 1.807) is 6.07 Å². The lowest BCUT2D eigenvalue weighted by atomic mass is 10.0. The summed E-state index contributed by atoms with van der Waals surface area (Å²) in [6, 6.07) is 12.0. The van der Waals surface area contributed by atoms with Crippen LogP contribution in [0.1, 0.15) is 24.0 Å². The molecular formula is C20H18F3N3S. The predicted octanol–water partition coefficient (Wildman–Crippen LogP) is 5.74. The molecule has 0 saturated carbocycles. The van der Waals surface area contributed by atoms with Gasteiger partial charge in [-0.3, -0.25) is 0 Å². The summed E-state index contributed by atoms with van der Waals surface area (Å²) < 4.78 is 41.5. The quantitative estimate of drug-likeness (QED) is 0.427. The molecule has 4 aromatic rings. The van der Waals surface area contributed by atoms with Gasteiger partial charge in [-0.1, -0.05) is 24.3 Å². The van der Waals surface area contributed by atoms with Crippen molar-refractivity contribution in [3.8, 4) is 10.7 Å². The zero-order chi connectivity index (χ0) is 19.0. The summed E-state index contributed by atoms with van der Waals surface area (Å²) in [5.41, 5.74) is 7.48. The molecule has 4 rings (SSSR count). The monoisotopic (exact) mass is 389 g/mol. The first-order valence-corrected chi connectivity index (χ1v) is 9.57. The Balaban J connectivity index is 1.93. The minimum atomic E-state index is -4.41. The number of thiazole rings is 1. The molecule has 0 atom stereocenters. The molecule has 0 bridgehead atoms. The second-order valence-electron chi connectivity index (χ2n) is 6.44. The van der Waals surface area contributed by atoms with Crippen LogP contribution in [0.3, 0.4) is 0 Å². The largest absolute Gasteiger partial charge is 0.418 e. The molecule has 2 heterocycles. The number of H-pyrrole nitrogens is 1. The molecule has 0 fully saturated rings. The van der Waals surface area contributed by atoms with Crippen LogP contribution < -0.4 is 5.73 Å². The van der Waals surface area contributed by atoms with Crippen LogP contribution in [0, 0.1) is 0 Å². The summed E-state index contributed by atoms with van der Waals surface area (Å²) in [6.07, 6.45) is -2.12. The molecule has 0 aliphatic carbocycles. The number of nitrogens with two attached hydrogens (primary N) is 1. The van der Waals surface area contributed by atoms with Gasteiger partial charge in [0.25, 0.3) is 0 Å². The van der Waals surface area contributed by atoms with Crippen LogP contribution in [0.25, 0.3) is 31.8 Å². The second-order valence-corrected chi connectivity index (χ2v) is 7.47. The van der Waals surface area contributed by atoms with Gasteiger partial charge in [0.15, 0.2) is 0 Å². The third kappa shape index (κ3) is 3.33. The third-order valence-electron chi connectivity index (χ3n) is 4.64. The van der Waals surface area contributed by atoms with E-state index in [9.17, 15) is 13.2 Å². The van der Waals surface area contributed by atoms with Gasteiger partial charge in [0.1, 0.15) is 5.01 Å². The fraction of sp³-hybridized carbons (Fsp3) is 0.250. The number of benzene rings is 2. The van der Waals surface area contributed by atoms with E-state index in [0.717, 1.165) is 34.7 Å². The first-order valence-electron chi connectivity index (χ1n) is 8.76. The van der Waals surface area contributed by atoms with Gasteiger partial charge in [0.05, 0.1) is 27.0 Å². The molecule has 0 aliphatic heterocycles. The summed E-state index contributed by atoms with van der Waals surface area (Å²) in [5.74, 6) is 0. The van der Waals surface area contributed by atoms with E-state index < -0.39 is 11.7 Å². The number of hydrogen-bond donors (Lipinski definition) is 2. The molecule has 0 spiro atoms. The van der Waals surface area contributed by atoms with Gasteiger partial charge in [-0.25, -0.2) is 4.98 Å². The van der Waals surface area contributed by atoms with Crippen LogP contribution in [-0.2, 0) is 12.6 Å². The molecule has 3 nitrogen and oxygen atoms in total. The topological polar surface area (TPSA) is 54.7 Å². The third-order valence-corrected chi connectivity index (χ3v) is 5.69. The minimum absolute atomic E-state index is 0.127. The number of hydrogen-bond acceptors (Lipinski definition) is 3.